The van der Waals surface area contributed by atoms with Crippen molar-refractivity contribution >= 4 is 5.91 Å². The zero-order chi connectivity index (χ0) is 16.9. The van der Waals surface area contributed by atoms with Crippen molar-refractivity contribution in [2.45, 2.75) is 25.3 Å². The van der Waals surface area contributed by atoms with Crippen molar-refractivity contribution in [3.63, 3.8) is 0 Å². The van der Waals surface area contributed by atoms with Crippen LogP contribution in [0.1, 0.15) is 40.4 Å². The Kier molecular flexibility index (Phi) is 5.20. The van der Waals surface area contributed by atoms with Crippen LogP contribution in [0.3, 0.4) is 0 Å². The van der Waals surface area contributed by atoms with E-state index in [0.717, 1.165) is 43.7 Å². The van der Waals surface area contributed by atoms with Crippen LogP contribution in [0.15, 0.2) is 42.9 Å². The highest BCUT2D eigenvalue weighted by atomic mass is 16.2. The maximum Gasteiger partial charge on any atom is 0.253 e. The molecule has 0 N–H and O–H groups in total. The number of carbonyl (C=O) groups excluding carboxylic acids is 1. The number of piperidine rings is 1. The van der Waals surface area contributed by atoms with Gasteiger partial charge in [0, 0.05) is 49.7 Å². The summed E-state index contributed by atoms with van der Waals surface area (Å²) < 4.78 is 0. The molecular formula is C19H24N4O. The second-order valence-corrected chi connectivity index (χ2v) is 6.66. The monoisotopic (exact) mass is 324 g/mol. The average molecular weight is 324 g/mol. The molecule has 2 aromatic rings. The van der Waals surface area contributed by atoms with E-state index in [0.29, 0.717) is 0 Å². The molecule has 1 aromatic heterocycles. The summed E-state index contributed by atoms with van der Waals surface area (Å²) in [6, 6.07) is 7.95. The summed E-state index contributed by atoms with van der Waals surface area (Å²) in [5, 5.41) is 0. The lowest BCUT2D eigenvalue weighted by atomic mass is 9.94. The van der Waals surface area contributed by atoms with Gasteiger partial charge >= 0.3 is 0 Å². The topological polar surface area (TPSA) is 49.3 Å². The van der Waals surface area contributed by atoms with E-state index in [4.69, 9.17) is 0 Å². The Hall–Kier alpha value is -2.27. The van der Waals surface area contributed by atoms with Gasteiger partial charge < -0.3 is 9.80 Å². The van der Waals surface area contributed by atoms with Crippen molar-refractivity contribution in [3.8, 4) is 0 Å². The highest BCUT2D eigenvalue weighted by Crippen LogP contribution is 2.26. The molecule has 24 heavy (non-hydrogen) atoms. The zero-order valence-electron chi connectivity index (χ0n) is 14.4. The lowest BCUT2D eigenvalue weighted by Gasteiger charge is -2.32. The minimum absolute atomic E-state index is 0.111. The number of benzene rings is 1. The number of hydrogen-bond donors (Lipinski definition) is 0. The van der Waals surface area contributed by atoms with Gasteiger partial charge in [-0.05, 0) is 44.6 Å². The van der Waals surface area contributed by atoms with Crippen LogP contribution in [0.2, 0.25) is 0 Å². The van der Waals surface area contributed by atoms with Gasteiger partial charge in [0.05, 0.1) is 5.69 Å². The number of carbonyl (C=O) groups is 1. The third-order valence-electron chi connectivity index (χ3n) is 4.41. The molecule has 0 bridgehead atoms. The van der Waals surface area contributed by atoms with Gasteiger partial charge in [-0.25, -0.2) is 0 Å². The molecule has 1 aliphatic heterocycles. The summed E-state index contributed by atoms with van der Waals surface area (Å²) >= 11 is 0. The molecular weight excluding hydrogens is 300 g/mol. The van der Waals surface area contributed by atoms with Crippen LogP contribution >= 0.6 is 0 Å². The van der Waals surface area contributed by atoms with E-state index in [9.17, 15) is 4.79 Å². The predicted molar refractivity (Wildman–Crippen MR) is 93.7 cm³/mol. The van der Waals surface area contributed by atoms with Crippen LogP contribution in [0.4, 0.5) is 0 Å². The van der Waals surface area contributed by atoms with Gasteiger partial charge in [-0.15, -0.1) is 0 Å². The van der Waals surface area contributed by atoms with E-state index in [2.05, 4.69) is 14.9 Å². The fourth-order valence-corrected chi connectivity index (χ4v) is 3.22. The molecule has 5 nitrogen and oxygen atoms in total. The molecule has 0 radical (unpaired) electrons. The Morgan fingerprint density at radius 2 is 2.04 bits per heavy atom. The first-order valence-electron chi connectivity index (χ1n) is 8.42. The Bertz CT molecular complexity index is 670. The summed E-state index contributed by atoms with van der Waals surface area (Å²) in [6.45, 7) is 2.42. The third kappa shape index (κ3) is 3.97. The summed E-state index contributed by atoms with van der Waals surface area (Å²) in [6.07, 6.45) is 7.29. The van der Waals surface area contributed by atoms with E-state index in [1.54, 1.807) is 12.4 Å². The van der Waals surface area contributed by atoms with Crippen molar-refractivity contribution < 1.29 is 4.79 Å². The van der Waals surface area contributed by atoms with E-state index in [-0.39, 0.29) is 11.8 Å². The molecule has 1 amide bonds. The van der Waals surface area contributed by atoms with Crippen molar-refractivity contribution in [2.24, 2.45) is 0 Å². The number of hydrogen-bond acceptors (Lipinski definition) is 4. The Balaban J connectivity index is 1.68. The lowest BCUT2D eigenvalue weighted by molar-refractivity contribution is 0.0705. The average Bonchev–Trinajstić information content (AvgIpc) is 2.62. The van der Waals surface area contributed by atoms with Crippen molar-refractivity contribution in [1.82, 2.24) is 19.8 Å². The van der Waals surface area contributed by atoms with Gasteiger partial charge in [-0.1, -0.05) is 12.1 Å². The molecule has 1 aromatic carbocycles. The van der Waals surface area contributed by atoms with Gasteiger partial charge in [0.1, 0.15) is 0 Å². The van der Waals surface area contributed by atoms with Crippen molar-refractivity contribution in [2.75, 3.05) is 27.2 Å². The van der Waals surface area contributed by atoms with Crippen molar-refractivity contribution in [3.05, 3.63) is 59.7 Å². The number of amides is 1. The molecule has 1 fully saturated rings. The minimum Gasteiger partial charge on any atom is -0.338 e. The first kappa shape index (κ1) is 16.6. The van der Waals surface area contributed by atoms with Gasteiger partial charge in [-0.3, -0.25) is 14.8 Å². The van der Waals surface area contributed by atoms with E-state index in [1.807, 2.05) is 49.5 Å². The second kappa shape index (κ2) is 7.53. The summed E-state index contributed by atoms with van der Waals surface area (Å²) in [5.41, 5.74) is 2.96. The maximum absolute atomic E-state index is 12.8. The minimum atomic E-state index is 0.111. The van der Waals surface area contributed by atoms with Gasteiger partial charge in [0.2, 0.25) is 0 Å². The summed E-state index contributed by atoms with van der Waals surface area (Å²) in [5.74, 6) is 0.393. The molecule has 1 unspecified atom stereocenters. The van der Waals surface area contributed by atoms with Crippen molar-refractivity contribution in [1.29, 1.82) is 0 Å². The Labute approximate surface area is 143 Å². The largest absolute Gasteiger partial charge is 0.338 e. The molecule has 1 aliphatic rings. The Morgan fingerprint density at radius 1 is 1.25 bits per heavy atom. The molecule has 3 rings (SSSR count). The lowest BCUT2D eigenvalue weighted by Crippen LogP contribution is -2.39. The van der Waals surface area contributed by atoms with Crippen LogP contribution in [-0.4, -0.2) is 52.9 Å². The highest BCUT2D eigenvalue weighted by Gasteiger charge is 2.26. The number of rotatable bonds is 4. The molecule has 126 valence electrons. The third-order valence-corrected chi connectivity index (χ3v) is 4.41. The number of aromatic nitrogens is 2. The smallest absolute Gasteiger partial charge is 0.253 e. The maximum atomic E-state index is 12.8. The molecule has 0 aliphatic carbocycles. The normalized spacial score (nSPS) is 18.0. The SMILES string of the molecule is CN(C)Cc1ccc(C(=O)N2CCCC(c3cnccn3)C2)cc1. The predicted octanol–water partition coefficient (Wildman–Crippen LogP) is 2.56. The van der Waals surface area contributed by atoms with Gasteiger partial charge in [0.15, 0.2) is 0 Å². The highest BCUT2D eigenvalue weighted by molar-refractivity contribution is 5.94. The Morgan fingerprint density at radius 3 is 2.71 bits per heavy atom. The van der Waals surface area contributed by atoms with Crippen LogP contribution in [0.5, 0.6) is 0 Å². The fourth-order valence-electron chi connectivity index (χ4n) is 3.22. The van der Waals surface area contributed by atoms with Crippen LogP contribution in [0.25, 0.3) is 0 Å². The molecule has 1 atom stereocenters. The second-order valence-electron chi connectivity index (χ2n) is 6.66. The number of likely N-dealkylation sites (tertiary alicyclic amines) is 1. The number of nitrogens with zero attached hydrogens (tertiary/aromatic N) is 4. The van der Waals surface area contributed by atoms with E-state index >= 15 is 0 Å². The molecule has 0 saturated carbocycles. The van der Waals surface area contributed by atoms with Crippen LogP contribution < -0.4 is 0 Å². The van der Waals surface area contributed by atoms with Crippen LogP contribution in [0, 0.1) is 0 Å². The zero-order valence-corrected chi connectivity index (χ0v) is 14.4. The standard InChI is InChI=1S/C19H24N4O/c1-22(2)13-15-5-7-16(8-6-15)19(24)23-11-3-4-17(14-23)18-12-20-9-10-21-18/h5-10,12,17H,3-4,11,13-14H2,1-2H3. The summed E-state index contributed by atoms with van der Waals surface area (Å²) in [7, 11) is 4.08. The van der Waals surface area contributed by atoms with Gasteiger partial charge in [-0.2, -0.15) is 0 Å². The molecule has 0 spiro atoms. The summed E-state index contributed by atoms with van der Waals surface area (Å²) in [4.78, 5) is 25.4. The molecule has 1 saturated heterocycles. The van der Waals surface area contributed by atoms with E-state index in [1.165, 1.54) is 5.56 Å². The molecule has 2 heterocycles. The van der Waals surface area contributed by atoms with E-state index < -0.39 is 0 Å². The van der Waals surface area contributed by atoms with Gasteiger partial charge in [0.25, 0.3) is 5.91 Å². The quantitative estimate of drug-likeness (QED) is 0.867. The first-order valence-corrected chi connectivity index (χ1v) is 8.42. The van der Waals surface area contributed by atoms with Crippen LogP contribution in [-0.2, 0) is 6.54 Å². The molecule has 5 heteroatoms. The first-order chi connectivity index (χ1) is 11.6. The fraction of sp³-hybridized carbons (Fsp3) is 0.421.